The van der Waals surface area contributed by atoms with Crippen LogP contribution < -0.4 is 15.2 Å². The third-order valence-corrected chi connectivity index (χ3v) is 4.35. The van der Waals surface area contributed by atoms with E-state index >= 15 is 0 Å². The van der Waals surface area contributed by atoms with Crippen molar-refractivity contribution in [1.29, 1.82) is 0 Å². The zero-order chi connectivity index (χ0) is 21.3. The van der Waals surface area contributed by atoms with Gasteiger partial charge in [0, 0.05) is 20.2 Å². The maximum absolute atomic E-state index is 13.6. The second-order valence-corrected chi connectivity index (χ2v) is 6.75. The highest BCUT2D eigenvalue weighted by molar-refractivity contribution is 6.42. The fourth-order valence-corrected chi connectivity index (χ4v) is 2.51. The van der Waals surface area contributed by atoms with Crippen LogP contribution in [0.2, 0.25) is 10.0 Å². The lowest BCUT2D eigenvalue weighted by atomic mass is 10.3. The van der Waals surface area contributed by atoms with Gasteiger partial charge >= 0.3 is 6.18 Å². The maximum atomic E-state index is 13.6. The normalized spacial score (nSPS) is 11.4. The lowest BCUT2D eigenvalue weighted by molar-refractivity contribution is -0.142. The molecule has 0 aliphatic heterocycles. The Balaban J connectivity index is 2.08. The van der Waals surface area contributed by atoms with E-state index in [0.717, 1.165) is 0 Å². The van der Waals surface area contributed by atoms with Gasteiger partial charge in [-0.1, -0.05) is 23.2 Å². The van der Waals surface area contributed by atoms with Crippen molar-refractivity contribution in [3.05, 3.63) is 56.4 Å². The molecule has 0 fully saturated rings. The highest BCUT2D eigenvalue weighted by atomic mass is 35.5. The van der Waals surface area contributed by atoms with Crippen LogP contribution in [0.1, 0.15) is 5.69 Å². The number of ether oxygens (including phenoxy) is 1. The molecule has 0 atom stereocenters. The third kappa shape index (κ3) is 4.60. The summed E-state index contributed by atoms with van der Waals surface area (Å²) in [5, 5.41) is 7.89. The minimum atomic E-state index is -4.97. The van der Waals surface area contributed by atoms with Gasteiger partial charge in [-0.05, 0) is 24.3 Å². The molecule has 29 heavy (non-hydrogen) atoms. The van der Waals surface area contributed by atoms with Crippen molar-refractivity contribution in [3.63, 3.8) is 0 Å². The Morgan fingerprint density at radius 2 is 1.79 bits per heavy atom. The summed E-state index contributed by atoms with van der Waals surface area (Å²) in [6.45, 7) is 0. The van der Waals surface area contributed by atoms with E-state index in [9.17, 15) is 18.0 Å². The Morgan fingerprint density at radius 1 is 1.07 bits per heavy atom. The van der Waals surface area contributed by atoms with E-state index in [1.165, 1.54) is 30.3 Å². The van der Waals surface area contributed by atoms with E-state index in [2.05, 4.69) is 20.2 Å². The average molecular weight is 446 g/mol. The number of hydrogen-bond acceptors (Lipinski definition) is 6. The molecule has 0 spiro atoms. The van der Waals surface area contributed by atoms with Crippen molar-refractivity contribution in [2.45, 2.75) is 6.18 Å². The van der Waals surface area contributed by atoms with E-state index in [-0.39, 0.29) is 21.5 Å². The van der Waals surface area contributed by atoms with Crippen LogP contribution in [-0.4, -0.2) is 34.3 Å². The summed E-state index contributed by atoms with van der Waals surface area (Å²) in [6, 6.07) is 6.69. The predicted molar refractivity (Wildman–Crippen MR) is 102 cm³/mol. The molecule has 0 radical (unpaired) electrons. The fourth-order valence-electron chi connectivity index (χ4n) is 2.22. The number of anilines is 1. The van der Waals surface area contributed by atoms with Crippen LogP contribution in [0, 0.1) is 0 Å². The van der Waals surface area contributed by atoms with E-state index in [1.54, 1.807) is 19.0 Å². The number of aromatic nitrogens is 4. The van der Waals surface area contributed by atoms with Crippen LogP contribution in [0.5, 0.6) is 11.5 Å². The highest BCUT2D eigenvalue weighted by Crippen LogP contribution is 2.36. The molecule has 152 valence electrons. The summed E-state index contributed by atoms with van der Waals surface area (Å²) < 4.78 is 45.8. The largest absolute Gasteiger partial charge is 0.449 e. The summed E-state index contributed by atoms with van der Waals surface area (Å²) in [7, 11) is 3.45. The molecule has 3 rings (SSSR count). The van der Waals surface area contributed by atoms with Crippen molar-refractivity contribution in [3.8, 4) is 23.0 Å². The van der Waals surface area contributed by atoms with Gasteiger partial charge in [-0.25, -0.2) is 4.98 Å². The van der Waals surface area contributed by atoms with E-state index in [1.807, 2.05) is 0 Å². The first kappa shape index (κ1) is 20.9. The van der Waals surface area contributed by atoms with Gasteiger partial charge in [0.1, 0.15) is 11.4 Å². The molecule has 3 aromatic rings. The topological polar surface area (TPSA) is 84.0 Å². The lowest BCUT2D eigenvalue weighted by Gasteiger charge is -2.14. The number of H-pyrrole nitrogens is 1. The smallest absolute Gasteiger partial charge is 0.437 e. The van der Waals surface area contributed by atoms with Gasteiger partial charge in [-0.2, -0.15) is 13.2 Å². The minimum Gasteiger partial charge on any atom is -0.449 e. The van der Waals surface area contributed by atoms with Gasteiger partial charge in [0.2, 0.25) is 5.75 Å². The van der Waals surface area contributed by atoms with Gasteiger partial charge < -0.3 is 14.6 Å². The van der Waals surface area contributed by atoms with Crippen LogP contribution >= 0.6 is 23.2 Å². The van der Waals surface area contributed by atoms with Crippen LogP contribution in [0.4, 0.5) is 19.0 Å². The van der Waals surface area contributed by atoms with Crippen molar-refractivity contribution in [2.75, 3.05) is 19.0 Å². The second-order valence-electron chi connectivity index (χ2n) is 5.94. The molecule has 0 bridgehead atoms. The van der Waals surface area contributed by atoms with Crippen LogP contribution in [-0.2, 0) is 6.18 Å². The van der Waals surface area contributed by atoms with Crippen molar-refractivity contribution in [2.24, 2.45) is 0 Å². The first-order valence-corrected chi connectivity index (χ1v) is 8.67. The molecule has 2 heterocycles. The summed E-state index contributed by atoms with van der Waals surface area (Å²) in [4.78, 5) is 19.8. The summed E-state index contributed by atoms with van der Waals surface area (Å²) in [6.07, 6.45) is -4.97. The van der Waals surface area contributed by atoms with Gasteiger partial charge in [0.25, 0.3) is 5.56 Å². The molecule has 2 aromatic heterocycles. The first-order valence-electron chi connectivity index (χ1n) is 7.92. The number of hydrogen-bond donors (Lipinski definition) is 1. The van der Waals surface area contributed by atoms with Crippen LogP contribution in [0.3, 0.4) is 0 Å². The van der Waals surface area contributed by atoms with Gasteiger partial charge in [0.15, 0.2) is 17.3 Å². The summed E-state index contributed by atoms with van der Waals surface area (Å²) >= 11 is 11.6. The SMILES string of the molecule is CN(C)c1ccc(-c2nc(C(F)(F)F)c(Oc3ccc(Cl)c(Cl)c3)c(=O)[nH]2)nn1. The zero-order valence-corrected chi connectivity index (χ0v) is 16.4. The quantitative estimate of drug-likeness (QED) is 0.640. The number of nitrogens with zero attached hydrogens (tertiary/aromatic N) is 4. The zero-order valence-electron chi connectivity index (χ0n) is 14.9. The fraction of sp³-hybridized carbons (Fsp3) is 0.176. The second kappa shape index (κ2) is 7.88. The summed E-state index contributed by atoms with van der Waals surface area (Å²) in [5.41, 5.74) is -2.70. The molecule has 0 unspecified atom stereocenters. The molecule has 0 amide bonds. The van der Waals surface area contributed by atoms with E-state index in [4.69, 9.17) is 27.9 Å². The van der Waals surface area contributed by atoms with Crippen molar-refractivity contribution in [1.82, 2.24) is 20.2 Å². The Labute approximate surface area is 172 Å². The Bertz CT molecular complexity index is 1100. The van der Waals surface area contributed by atoms with Crippen molar-refractivity contribution < 1.29 is 17.9 Å². The Hall–Kier alpha value is -2.85. The van der Waals surface area contributed by atoms with Gasteiger partial charge in [-0.15, -0.1) is 10.2 Å². The number of aromatic amines is 1. The number of benzene rings is 1. The number of alkyl halides is 3. The molecule has 0 saturated carbocycles. The summed E-state index contributed by atoms with van der Waals surface area (Å²) in [5.74, 6) is -1.06. The average Bonchev–Trinajstić information content (AvgIpc) is 2.65. The molecule has 12 heteroatoms. The Kier molecular flexibility index (Phi) is 5.67. The number of nitrogens with one attached hydrogen (secondary N) is 1. The monoisotopic (exact) mass is 445 g/mol. The molecular weight excluding hydrogens is 434 g/mol. The predicted octanol–water partition coefficient (Wildman–Crippen LogP) is 4.41. The van der Waals surface area contributed by atoms with Gasteiger partial charge in [0.05, 0.1) is 10.0 Å². The van der Waals surface area contributed by atoms with E-state index < -0.39 is 29.0 Å². The first-order chi connectivity index (χ1) is 13.6. The van der Waals surface area contributed by atoms with E-state index in [0.29, 0.717) is 5.82 Å². The van der Waals surface area contributed by atoms with Gasteiger partial charge in [-0.3, -0.25) is 4.79 Å². The Morgan fingerprint density at radius 3 is 2.34 bits per heavy atom. The van der Waals surface area contributed by atoms with Crippen LogP contribution in [0.25, 0.3) is 11.5 Å². The number of rotatable bonds is 4. The molecule has 0 aliphatic rings. The van der Waals surface area contributed by atoms with Crippen LogP contribution in [0.15, 0.2) is 35.1 Å². The molecule has 0 saturated heterocycles. The molecular formula is C17H12Cl2F3N5O2. The maximum Gasteiger partial charge on any atom is 0.437 e. The lowest BCUT2D eigenvalue weighted by Crippen LogP contribution is -2.21. The number of halogens is 5. The molecule has 0 aliphatic carbocycles. The highest BCUT2D eigenvalue weighted by Gasteiger charge is 2.39. The standard InChI is InChI=1S/C17H12Cl2F3N5O2/c1-27(2)12-6-5-11(25-26-12)15-23-14(17(20,21)22)13(16(28)24-15)29-8-3-4-9(18)10(19)7-8/h3-7H,1-2H3,(H,23,24,28). The molecule has 1 N–H and O–H groups in total. The molecule has 1 aromatic carbocycles. The minimum absolute atomic E-state index is 0.0423. The molecule has 7 nitrogen and oxygen atoms in total. The third-order valence-electron chi connectivity index (χ3n) is 3.61. The van der Waals surface area contributed by atoms with Crippen molar-refractivity contribution >= 4 is 29.0 Å².